The molecular weight excluding hydrogens is 268 g/mol. The van der Waals surface area contributed by atoms with Crippen LogP contribution in [-0.4, -0.2) is 19.9 Å². The monoisotopic (exact) mass is 276 g/mol. The summed E-state index contributed by atoms with van der Waals surface area (Å²) in [5.74, 6) is 0.424. The number of hydrogen-bond donors (Lipinski definition) is 4. The lowest BCUT2D eigenvalue weighted by Gasteiger charge is -2.01. The molecule has 0 aliphatic carbocycles. The smallest absolute Gasteiger partial charge is 0.278 e. The van der Waals surface area contributed by atoms with Crippen molar-refractivity contribution in [1.29, 1.82) is 0 Å². The van der Waals surface area contributed by atoms with E-state index in [9.17, 15) is 4.79 Å². The van der Waals surface area contributed by atoms with E-state index in [4.69, 9.17) is 23.1 Å². The quantitative estimate of drug-likeness (QED) is 0.496. The fraction of sp³-hybridized carbons (Fsp3) is 0. The van der Waals surface area contributed by atoms with E-state index in [2.05, 4.69) is 19.9 Å². The Morgan fingerprint density at radius 1 is 1.16 bits per heavy atom. The minimum absolute atomic E-state index is 0.00890. The maximum atomic E-state index is 11.7. The SMILES string of the molecule is Nc1nc2nc(-c3cc(Cl)ccc3N)[nH]c2c(=O)[nH]1. The van der Waals surface area contributed by atoms with Crippen molar-refractivity contribution in [3.05, 3.63) is 33.6 Å². The standard InChI is InChI=1S/C11H9ClN6O/c12-4-1-2-6(13)5(3-4)8-15-7-9(16-8)17-11(14)18-10(7)19/h1-3H,13H2,(H4,14,15,16,17,18,19). The second kappa shape index (κ2) is 3.99. The molecule has 0 bridgehead atoms. The average molecular weight is 277 g/mol. The summed E-state index contributed by atoms with van der Waals surface area (Å²) in [6.45, 7) is 0. The van der Waals surface area contributed by atoms with Crippen LogP contribution >= 0.6 is 11.6 Å². The molecular formula is C11H9ClN6O. The largest absolute Gasteiger partial charge is 0.398 e. The van der Waals surface area contributed by atoms with Gasteiger partial charge in [-0.3, -0.25) is 9.78 Å². The van der Waals surface area contributed by atoms with Crippen molar-refractivity contribution < 1.29 is 0 Å². The molecule has 0 saturated heterocycles. The van der Waals surface area contributed by atoms with Crippen LogP contribution in [-0.2, 0) is 0 Å². The van der Waals surface area contributed by atoms with Gasteiger partial charge in [0, 0.05) is 16.3 Å². The molecule has 7 nitrogen and oxygen atoms in total. The highest BCUT2D eigenvalue weighted by Crippen LogP contribution is 2.27. The van der Waals surface area contributed by atoms with Gasteiger partial charge in [0.15, 0.2) is 11.2 Å². The minimum atomic E-state index is -0.387. The van der Waals surface area contributed by atoms with Gasteiger partial charge in [-0.15, -0.1) is 0 Å². The molecule has 0 radical (unpaired) electrons. The molecule has 3 rings (SSSR count). The third-order valence-electron chi connectivity index (χ3n) is 2.65. The highest BCUT2D eigenvalue weighted by atomic mass is 35.5. The molecule has 0 amide bonds. The summed E-state index contributed by atoms with van der Waals surface area (Å²) in [7, 11) is 0. The van der Waals surface area contributed by atoms with Crippen LogP contribution in [0.3, 0.4) is 0 Å². The Hall–Kier alpha value is -2.54. The highest BCUT2D eigenvalue weighted by Gasteiger charge is 2.12. The number of H-pyrrole nitrogens is 2. The summed E-state index contributed by atoms with van der Waals surface area (Å²) in [5, 5.41) is 0.519. The highest BCUT2D eigenvalue weighted by molar-refractivity contribution is 6.31. The van der Waals surface area contributed by atoms with E-state index in [1.54, 1.807) is 18.2 Å². The molecule has 0 aliphatic rings. The van der Waals surface area contributed by atoms with Gasteiger partial charge in [-0.05, 0) is 18.2 Å². The predicted molar refractivity (Wildman–Crippen MR) is 73.8 cm³/mol. The number of fused-ring (bicyclic) bond motifs is 1. The van der Waals surface area contributed by atoms with Gasteiger partial charge in [-0.2, -0.15) is 4.98 Å². The first-order valence-corrected chi connectivity index (χ1v) is 5.73. The van der Waals surface area contributed by atoms with Gasteiger partial charge < -0.3 is 16.5 Å². The summed E-state index contributed by atoms with van der Waals surface area (Å²) in [6, 6.07) is 5.00. The Morgan fingerprint density at radius 3 is 2.74 bits per heavy atom. The van der Waals surface area contributed by atoms with Gasteiger partial charge in [0.2, 0.25) is 5.95 Å². The van der Waals surface area contributed by atoms with E-state index in [1.807, 2.05) is 0 Å². The number of benzene rings is 1. The number of rotatable bonds is 1. The Kier molecular flexibility index (Phi) is 2.42. The maximum absolute atomic E-state index is 11.7. The van der Waals surface area contributed by atoms with E-state index in [-0.39, 0.29) is 22.7 Å². The van der Waals surface area contributed by atoms with Crippen LogP contribution in [0.1, 0.15) is 0 Å². The molecule has 0 unspecified atom stereocenters. The first-order valence-electron chi connectivity index (χ1n) is 5.35. The van der Waals surface area contributed by atoms with Crippen molar-refractivity contribution in [2.45, 2.75) is 0 Å². The van der Waals surface area contributed by atoms with Crippen molar-refractivity contribution in [1.82, 2.24) is 19.9 Å². The number of imidazole rings is 1. The summed E-state index contributed by atoms with van der Waals surface area (Å²) >= 11 is 5.92. The van der Waals surface area contributed by atoms with E-state index < -0.39 is 0 Å². The number of nitrogens with one attached hydrogen (secondary N) is 2. The minimum Gasteiger partial charge on any atom is -0.398 e. The zero-order chi connectivity index (χ0) is 13.6. The summed E-state index contributed by atoms with van der Waals surface area (Å²) < 4.78 is 0. The Labute approximate surface area is 111 Å². The normalized spacial score (nSPS) is 11.0. The van der Waals surface area contributed by atoms with Crippen molar-refractivity contribution in [3.63, 3.8) is 0 Å². The molecule has 8 heteroatoms. The maximum Gasteiger partial charge on any atom is 0.278 e. The van der Waals surface area contributed by atoms with E-state index >= 15 is 0 Å². The molecule has 0 aliphatic heterocycles. The molecule has 19 heavy (non-hydrogen) atoms. The van der Waals surface area contributed by atoms with Gasteiger partial charge in [0.25, 0.3) is 5.56 Å². The number of nitrogen functional groups attached to an aromatic ring is 2. The summed E-state index contributed by atoms with van der Waals surface area (Å²) in [4.78, 5) is 25.1. The number of aromatic nitrogens is 4. The van der Waals surface area contributed by atoms with Crippen LogP contribution in [0.25, 0.3) is 22.6 Å². The first kappa shape index (κ1) is 11.5. The molecule has 0 spiro atoms. The molecule has 0 atom stereocenters. The second-order valence-corrected chi connectivity index (χ2v) is 4.40. The number of halogens is 1. The van der Waals surface area contributed by atoms with Gasteiger partial charge in [0.05, 0.1) is 0 Å². The Balaban J connectivity index is 2.29. The molecule has 0 saturated carbocycles. The Bertz CT molecular complexity index is 837. The van der Waals surface area contributed by atoms with Crippen LogP contribution in [0.2, 0.25) is 5.02 Å². The zero-order valence-electron chi connectivity index (χ0n) is 9.57. The van der Waals surface area contributed by atoms with Crippen LogP contribution in [0.4, 0.5) is 11.6 Å². The number of nitrogens with two attached hydrogens (primary N) is 2. The zero-order valence-corrected chi connectivity index (χ0v) is 10.3. The lowest BCUT2D eigenvalue weighted by atomic mass is 10.2. The van der Waals surface area contributed by atoms with Crippen LogP contribution in [0.15, 0.2) is 23.0 Å². The van der Waals surface area contributed by atoms with Gasteiger partial charge in [0.1, 0.15) is 5.82 Å². The lowest BCUT2D eigenvalue weighted by molar-refractivity contribution is 1.17. The molecule has 96 valence electrons. The summed E-state index contributed by atoms with van der Waals surface area (Å²) in [5.41, 5.74) is 12.5. The summed E-state index contributed by atoms with van der Waals surface area (Å²) in [6.07, 6.45) is 0. The van der Waals surface area contributed by atoms with Crippen molar-refractivity contribution >= 4 is 34.4 Å². The van der Waals surface area contributed by atoms with E-state index in [1.165, 1.54) is 0 Å². The van der Waals surface area contributed by atoms with E-state index in [0.29, 0.717) is 22.1 Å². The molecule has 2 aromatic heterocycles. The second-order valence-electron chi connectivity index (χ2n) is 3.97. The number of aromatic amines is 2. The molecule has 0 fully saturated rings. The topological polar surface area (TPSA) is 126 Å². The lowest BCUT2D eigenvalue weighted by Crippen LogP contribution is -2.10. The van der Waals surface area contributed by atoms with Crippen LogP contribution in [0.5, 0.6) is 0 Å². The van der Waals surface area contributed by atoms with Gasteiger partial charge in [-0.1, -0.05) is 11.6 Å². The Morgan fingerprint density at radius 2 is 1.95 bits per heavy atom. The van der Waals surface area contributed by atoms with E-state index in [0.717, 1.165) is 0 Å². The molecule has 1 aromatic carbocycles. The fourth-order valence-corrected chi connectivity index (χ4v) is 1.96. The predicted octanol–water partition coefficient (Wildman–Crippen LogP) is 1.13. The van der Waals surface area contributed by atoms with Crippen molar-refractivity contribution in [2.75, 3.05) is 11.5 Å². The molecule has 3 aromatic rings. The molecule has 2 heterocycles. The first-order chi connectivity index (χ1) is 9.04. The number of anilines is 2. The van der Waals surface area contributed by atoms with Gasteiger partial charge in [-0.25, -0.2) is 4.98 Å². The third kappa shape index (κ3) is 1.89. The number of nitrogens with zero attached hydrogens (tertiary/aromatic N) is 2. The fourth-order valence-electron chi connectivity index (χ4n) is 1.79. The van der Waals surface area contributed by atoms with Crippen LogP contribution < -0.4 is 17.0 Å². The van der Waals surface area contributed by atoms with Crippen LogP contribution in [0, 0.1) is 0 Å². The number of hydrogen-bond acceptors (Lipinski definition) is 5. The average Bonchev–Trinajstić information content (AvgIpc) is 2.76. The van der Waals surface area contributed by atoms with Gasteiger partial charge >= 0.3 is 0 Å². The molecule has 6 N–H and O–H groups in total. The van der Waals surface area contributed by atoms with Crippen molar-refractivity contribution in [2.24, 2.45) is 0 Å². The third-order valence-corrected chi connectivity index (χ3v) is 2.89. The van der Waals surface area contributed by atoms with Crippen molar-refractivity contribution in [3.8, 4) is 11.4 Å².